The Bertz CT molecular complexity index is 2400. The molecular formula is C38H37ClF3N9O2S. The Morgan fingerprint density at radius 3 is 2.83 bits per heavy atom. The lowest BCUT2D eigenvalue weighted by molar-refractivity contribution is 0.107. The van der Waals surface area contributed by atoms with Crippen LogP contribution in [0.25, 0.3) is 32.1 Å². The number of carbonyl (C=O) groups is 1. The van der Waals surface area contributed by atoms with E-state index in [-0.39, 0.29) is 73.0 Å². The van der Waals surface area contributed by atoms with E-state index in [0.717, 1.165) is 49.3 Å². The third-order valence-corrected chi connectivity index (χ3v) is 13.2. The van der Waals surface area contributed by atoms with E-state index in [1.165, 1.54) is 16.7 Å². The standard InChI is InChI=1S/C38H37ClF3N9O2S/c1-19-28(8-11-51(19)37(52)49-16-27(45-18-49)20-4-5-20)48(2)35-23-12-25(39)30(22-6-7-26(41)33-29(22)24(14-43)34(44)54-33)31(42)32(23)46-36(47-35)53-17-38-9-3-10-50(38)15-21(40)13-38/h6-7,12,16,18-21,28H,3-5,8-11,13,15,17,44H2,1-2H3/t19-,21-,28-,38+/m1/s1. The van der Waals surface area contributed by atoms with Crippen LogP contribution in [0.2, 0.25) is 5.02 Å². The summed E-state index contributed by atoms with van der Waals surface area (Å²) in [5.41, 5.74) is 6.58. The van der Waals surface area contributed by atoms with E-state index in [2.05, 4.69) is 14.9 Å². The largest absolute Gasteiger partial charge is 0.461 e. The molecule has 3 aliphatic heterocycles. The van der Waals surface area contributed by atoms with Crippen LogP contribution in [0.1, 0.15) is 62.6 Å². The van der Waals surface area contributed by atoms with Crippen LogP contribution in [0.5, 0.6) is 6.01 Å². The number of nitrogen functional groups attached to an aromatic ring is 1. The number of hydrogen-bond acceptors (Lipinski definition) is 10. The van der Waals surface area contributed by atoms with E-state index >= 15 is 4.39 Å². The predicted octanol–water partition coefficient (Wildman–Crippen LogP) is 7.49. The normalized spacial score (nSPS) is 24.1. The molecule has 0 spiro atoms. The first kappa shape index (κ1) is 35.1. The topological polar surface area (TPSA) is 129 Å². The number of nitriles is 1. The molecule has 11 nitrogen and oxygen atoms in total. The van der Waals surface area contributed by atoms with Gasteiger partial charge < -0.3 is 20.3 Å². The number of thiophene rings is 1. The second-order valence-corrected chi connectivity index (χ2v) is 16.5. The quantitative estimate of drug-likeness (QED) is 0.179. The average molecular weight is 776 g/mol. The van der Waals surface area contributed by atoms with Crippen LogP contribution >= 0.6 is 22.9 Å². The smallest absolute Gasteiger partial charge is 0.329 e. The van der Waals surface area contributed by atoms with Crippen molar-refractivity contribution in [3.63, 3.8) is 0 Å². The Hall–Kier alpha value is -4.65. The number of halogens is 4. The van der Waals surface area contributed by atoms with Crippen LogP contribution in [0, 0.1) is 23.0 Å². The number of imidazole rings is 1. The molecule has 54 heavy (non-hydrogen) atoms. The summed E-state index contributed by atoms with van der Waals surface area (Å²) in [5.74, 6) is -0.652. The minimum absolute atomic E-state index is 0.00299. The number of rotatable bonds is 7. The second-order valence-electron chi connectivity index (χ2n) is 15.1. The molecule has 9 rings (SSSR count). The molecule has 280 valence electrons. The summed E-state index contributed by atoms with van der Waals surface area (Å²) in [6.07, 6.45) is 7.18. The van der Waals surface area contributed by atoms with Crippen molar-refractivity contribution < 1.29 is 22.7 Å². The first-order chi connectivity index (χ1) is 26.0. The Morgan fingerprint density at radius 1 is 1.24 bits per heavy atom. The van der Waals surface area contributed by atoms with E-state index < -0.39 is 23.3 Å². The van der Waals surface area contributed by atoms with Crippen molar-refractivity contribution in [1.29, 1.82) is 5.26 Å². The van der Waals surface area contributed by atoms with E-state index in [1.54, 1.807) is 17.3 Å². The molecule has 3 aromatic heterocycles. The van der Waals surface area contributed by atoms with Gasteiger partial charge in [-0.1, -0.05) is 17.7 Å². The summed E-state index contributed by atoms with van der Waals surface area (Å²) in [6, 6.07) is 5.41. The number of nitrogens with two attached hydrogens (primary N) is 1. The summed E-state index contributed by atoms with van der Waals surface area (Å²) in [7, 11) is 1.84. The Morgan fingerprint density at radius 2 is 2.06 bits per heavy atom. The molecule has 1 aliphatic carbocycles. The van der Waals surface area contributed by atoms with Crippen LogP contribution in [-0.4, -0.2) is 92.4 Å². The number of hydrogen-bond donors (Lipinski definition) is 1. The highest BCUT2D eigenvalue weighted by Gasteiger charge is 2.49. The van der Waals surface area contributed by atoms with Crippen LogP contribution in [0.4, 0.5) is 28.8 Å². The number of likely N-dealkylation sites (N-methyl/N-ethyl adjacent to an activating group) is 1. The van der Waals surface area contributed by atoms with Crippen LogP contribution in [-0.2, 0) is 0 Å². The molecule has 16 heteroatoms. The molecule has 5 aromatic rings. The van der Waals surface area contributed by atoms with Gasteiger partial charge in [-0.25, -0.2) is 22.9 Å². The lowest BCUT2D eigenvalue weighted by Crippen LogP contribution is -2.45. The number of alkyl halides is 1. The number of anilines is 2. The lowest BCUT2D eigenvalue weighted by Gasteiger charge is -2.33. The van der Waals surface area contributed by atoms with Gasteiger partial charge >= 0.3 is 12.0 Å². The molecular weight excluding hydrogens is 739 g/mol. The van der Waals surface area contributed by atoms with E-state index in [1.807, 2.05) is 31.1 Å². The van der Waals surface area contributed by atoms with Crippen molar-refractivity contribution in [3.8, 4) is 23.2 Å². The SMILES string of the molecule is C[C@@H]1[C@H](N(C)c2nc(OC[C@@]34CCCN3C[C@H](F)C4)nc3c(F)c(-c4ccc(F)c5sc(N)c(C#N)c45)c(Cl)cc23)CCN1C(=O)n1cnc(C2CC2)c1. The number of aromatic nitrogens is 4. The third-order valence-electron chi connectivity index (χ3n) is 11.9. The fraction of sp³-hybridized carbons (Fsp3) is 0.447. The number of benzene rings is 2. The van der Waals surface area contributed by atoms with Gasteiger partial charge in [0.15, 0.2) is 5.82 Å². The Labute approximate surface area is 318 Å². The van der Waals surface area contributed by atoms with E-state index in [0.29, 0.717) is 43.1 Å². The van der Waals surface area contributed by atoms with Crippen molar-refractivity contribution in [2.45, 2.75) is 75.2 Å². The molecule has 0 unspecified atom stereocenters. The zero-order chi connectivity index (χ0) is 37.6. The molecule has 4 fully saturated rings. The van der Waals surface area contributed by atoms with Crippen molar-refractivity contribution in [1.82, 2.24) is 29.3 Å². The van der Waals surface area contributed by atoms with Gasteiger partial charge in [0, 0.05) is 55.0 Å². The molecule has 6 heterocycles. The minimum Gasteiger partial charge on any atom is -0.461 e. The van der Waals surface area contributed by atoms with Crippen molar-refractivity contribution >= 4 is 60.8 Å². The highest BCUT2D eigenvalue weighted by Crippen LogP contribution is 2.47. The number of ether oxygens (including phenoxy) is 1. The zero-order valence-corrected chi connectivity index (χ0v) is 31.2. The number of amides is 1. The summed E-state index contributed by atoms with van der Waals surface area (Å²) in [4.78, 5) is 33.4. The Balaban J connectivity index is 1.13. The molecule has 3 saturated heterocycles. The van der Waals surface area contributed by atoms with Gasteiger partial charge in [0.05, 0.1) is 38.6 Å². The van der Waals surface area contributed by atoms with Crippen molar-refractivity contribution in [2.75, 3.05) is 43.9 Å². The number of likely N-dealkylation sites (tertiary alicyclic amines) is 1. The molecule has 0 bridgehead atoms. The molecule has 2 N–H and O–H groups in total. The van der Waals surface area contributed by atoms with Gasteiger partial charge in [-0.2, -0.15) is 15.2 Å². The van der Waals surface area contributed by atoms with Crippen molar-refractivity contribution in [2.24, 2.45) is 0 Å². The molecule has 4 aliphatic rings. The highest BCUT2D eigenvalue weighted by atomic mass is 35.5. The molecule has 0 radical (unpaired) electrons. The number of fused-ring (bicyclic) bond motifs is 3. The van der Waals surface area contributed by atoms with E-state index in [4.69, 9.17) is 27.1 Å². The first-order valence-corrected chi connectivity index (χ1v) is 19.4. The Kier molecular flexibility index (Phi) is 8.44. The molecule has 2 aromatic carbocycles. The van der Waals surface area contributed by atoms with Gasteiger partial charge in [-0.05, 0) is 63.3 Å². The second kappa shape index (κ2) is 13.0. The van der Waals surface area contributed by atoms with Gasteiger partial charge in [-0.3, -0.25) is 9.47 Å². The van der Waals surface area contributed by atoms with Gasteiger partial charge in [-0.15, -0.1) is 11.3 Å². The summed E-state index contributed by atoms with van der Waals surface area (Å²) < 4.78 is 54.8. The van der Waals surface area contributed by atoms with Crippen LogP contribution < -0.4 is 15.4 Å². The summed E-state index contributed by atoms with van der Waals surface area (Å²) in [6.45, 7) is 3.68. The average Bonchev–Trinajstić information content (AvgIpc) is 3.46. The van der Waals surface area contributed by atoms with Gasteiger partial charge in [0.25, 0.3) is 0 Å². The number of carbonyl (C=O) groups excluding carboxylic acids is 1. The third kappa shape index (κ3) is 5.55. The fourth-order valence-electron chi connectivity index (χ4n) is 8.95. The lowest BCUT2D eigenvalue weighted by atomic mass is 9.95. The van der Waals surface area contributed by atoms with Crippen LogP contribution in [0.15, 0.2) is 30.7 Å². The highest BCUT2D eigenvalue weighted by molar-refractivity contribution is 7.23. The zero-order valence-electron chi connectivity index (χ0n) is 29.7. The van der Waals surface area contributed by atoms with Gasteiger partial charge in [0.1, 0.15) is 47.3 Å². The van der Waals surface area contributed by atoms with Crippen LogP contribution in [0.3, 0.4) is 0 Å². The summed E-state index contributed by atoms with van der Waals surface area (Å²) >= 11 is 7.83. The van der Waals surface area contributed by atoms with Gasteiger partial charge in [0.2, 0.25) is 0 Å². The molecule has 1 amide bonds. The van der Waals surface area contributed by atoms with E-state index in [9.17, 15) is 18.8 Å². The number of nitrogens with zero attached hydrogens (tertiary/aromatic N) is 8. The maximum Gasteiger partial charge on any atom is 0.329 e. The maximum atomic E-state index is 17.2. The van der Waals surface area contributed by atoms with Crippen molar-refractivity contribution in [3.05, 3.63) is 58.6 Å². The maximum absolute atomic E-state index is 17.2. The fourth-order valence-corrected chi connectivity index (χ4v) is 10.2. The minimum atomic E-state index is -0.968. The summed E-state index contributed by atoms with van der Waals surface area (Å²) in [5, 5.41) is 10.5. The molecule has 1 saturated carbocycles. The monoisotopic (exact) mass is 775 g/mol. The molecule has 4 atom stereocenters. The predicted molar refractivity (Wildman–Crippen MR) is 201 cm³/mol. The first-order valence-electron chi connectivity index (χ1n) is 18.2.